The van der Waals surface area contributed by atoms with Crippen LogP contribution in [0.4, 0.5) is 5.88 Å². The zero-order chi connectivity index (χ0) is 10.7. The van der Waals surface area contributed by atoms with E-state index in [0.29, 0.717) is 0 Å². The predicted molar refractivity (Wildman–Crippen MR) is 46.3 cm³/mol. The second-order valence-electron chi connectivity index (χ2n) is 3.00. The molecule has 0 unspecified atom stereocenters. The van der Waals surface area contributed by atoms with Gasteiger partial charge in [-0.1, -0.05) is 13.8 Å². The number of esters is 1. The van der Waals surface area contributed by atoms with Crippen molar-refractivity contribution in [2.45, 2.75) is 20.5 Å². The van der Waals surface area contributed by atoms with Gasteiger partial charge in [-0.05, 0) is 0 Å². The van der Waals surface area contributed by atoms with Crippen molar-refractivity contribution >= 4 is 11.9 Å². The highest BCUT2D eigenvalue weighted by atomic mass is 16.6. The van der Waals surface area contributed by atoms with Crippen LogP contribution in [0, 0.1) is 5.92 Å². The van der Waals surface area contributed by atoms with Crippen LogP contribution in [0.5, 0.6) is 0 Å². The number of carbonyl (C=O) groups excluding carboxylic acids is 1. The Hall–Kier alpha value is -1.72. The van der Waals surface area contributed by atoms with Gasteiger partial charge in [-0.15, -0.1) is 0 Å². The number of nitrogens with two attached hydrogens (primary N) is 1. The van der Waals surface area contributed by atoms with Crippen molar-refractivity contribution in [2.75, 3.05) is 5.73 Å². The van der Waals surface area contributed by atoms with Gasteiger partial charge in [0.1, 0.15) is 0 Å². The molecule has 6 heteroatoms. The van der Waals surface area contributed by atoms with Crippen LogP contribution in [0.15, 0.2) is 13.6 Å². The largest absolute Gasteiger partial charge is 0.520 e. The lowest BCUT2D eigenvalue weighted by Crippen LogP contribution is -2.11. The first-order chi connectivity index (χ1) is 6.50. The lowest BCUT2D eigenvalue weighted by molar-refractivity contribution is -0.149. The lowest BCUT2D eigenvalue weighted by atomic mass is 10.2. The van der Waals surface area contributed by atoms with Gasteiger partial charge in [0.2, 0.25) is 11.6 Å². The van der Waals surface area contributed by atoms with Crippen LogP contribution in [-0.4, -0.2) is 5.97 Å². The Bertz CT molecular complexity index is 375. The maximum Gasteiger partial charge on any atom is 0.520 e. The molecule has 78 valence electrons. The summed E-state index contributed by atoms with van der Waals surface area (Å²) in [4.78, 5) is 21.6. The average molecular weight is 201 g/mol. The van der Waals surface area contributed by atoms with E-state index in [4.69, 9.17) is 10.5 Å². The number of hydrogen-bond donors (Lipinski definition) is 1. The first kappa shape index (κ1) is 10.4. The highest BCUT2D eigenvalue weighted by Crippen LogP contribution is 2.10. The molecular weight excluding hydrogens is 190 g/mol. The summed E-state index contributed by atoms with van der Waals surface area (Å²) in [5, 5.41) is 0. The fourth-order valence-corrected chi connectivity index (χ4v) is 0.722. The van der Waals surface area contributed by atoms with E-state index in [9.17, 15) is 9.59 Å². The third-order valence-electron chi connectivity index (χ3n) is 1.49. The molecule has 14 heavy (non-hydrogen) atoms. The average Bonchev–Trinajstić information content (AvgIpc) is 2.40. The number of hydrogen-bond acceptors (Lipinski definition) is 6. The maximum atomic E-state index is 11.0. The minimum atomic E-state index is -0.905. The third kappa shape index (κ3) is 2.38. The van der Waals surface area contributed by atoms with Crippen molar-refractivity contribution in [2.24, 2.45) is 5.92 Å². The van der Waals surface area contributed by atoms with Crippen molar-refractivity contribution < 1.29 is 18.4 Å². The van der Waals surface area contributed by atoms with Crippen LogP contribution in [0.25, 0.3) is 0 Å². The summed E-state index contributed by atoms with van der Waals surface area (Å²) in [6, 6.07) is 0. The molecule has 0 aliphatic rings. The Morgan fingerprint density at radius 3 is 2.57 bits per heavy atom. The summed E-state index contributed by atoms with van der Waals surface area (Å²) in [6.07, 6.45) is 0. The van der Waals surface area contributed by atoms with Crippen molar-refractivity contribution in [3.8, 4) is 0 Å². The van der Waals surface area contributed by atoms with Gasteiger partial charge in [-0.3, -0.25) is 4.79 Å². The molecule has 0 amide bonds. The molecule has 6 nitrogen and oxygen atoms in total. The number of anilines is 1. The van der Waals surface area contributed by atoms with E-state index < -0.39 is 11.8 Å². The van der Waals surface area contributed by atoms with E-state index in [0.717, 1.165) is 0 Å². The molecule has 0 atom stereocenters. The summed E-state index contributed by atoms with van der Waals surface area (Å²) >= 11 is 0. The first-order valence-corrected chi connectivity index (χ1v) is 4.05. The monoisotopic (exact) mass is 201 g/mol. The van der Waals surface area contributed by atoms with E-state index in [1.807, 2.05) is 0 Å². The van der Waals surface area contributed by atoms with Gasteiger partial charge < -0.3 is 19.3 Å². The Morgan fingerprint density at radius 1 is 1.50 bits per heavy atom. The Balaban J connectivity index is 2.58. The molecule has 1 aromatic rings. The van der Waals surface area contributed by atoms with Gasteiger partial charge >= 0.3 is 11.8 Å². The van der Waals surface area contributed by atoms with E-state index in [1.54, 1.807) is 13.8 Å². The maximum absolute atomic E-state index is 11.0. The normalized spacial score (nSPS) is 10.5. The molecule has 0 aromatic carbocycles. The van der Waals surface area contributed by atoms with Gasteiger partial charge in [0.25, 0.3) is 0 Å². The summed E-state index contributed by atoms with van der Waals surface area (Å²) in [6.45, 7) is 3.20. The van der Waals surface area contributed by atoms with Crippen molar-refractivity contribution in [1.29, 1.82) is 0 Å². The molecule has 0 aliphatic heterocycles. The minimum absolute atomic E-state index is 0.0315. The SMILES string of the molecule is CC(C)C(=O)OCc1oc(=O)oc1N. The van der Waals surface area contributed by atoms with Crippen LogP contribution in [-0.2, 0) is 16.1 Å². The van der Waals surface area contributed by atoms with Crippen molar-refractivity contribution in [3.05, 3.63) is 16.4 Å². The number of ether oxygens (including phenoxy) is 1. The molecule has 0 bridgehead atoms. The molecule has 0 fully saturated rings. The molecule has 0 aliphatic carbocycles. The van der Waals surface area contributed by atoms with Gasteiger partial charge in [0, 0.05) is 0 Å². The van der Waals surface area contributed by atoms with Gasteiger partial charge in [-0.2, -0.15) is 0 Å². The van der Waals surface area contributed by atoms with Crippen LogP contribution in [0.3, 0.4) is 0 Å². The summed E-state index contributed by atoms with van der Waals surface area (Å²) in [5.41, 5.74) is 5.25. The number of nitrogen functional groups attached to an aromatic ring is 1. The molecule has 0 saturated heterocycles. The molecule has 2 N–H and O–H groups in total. The molecule has 0 spiro atoms. The summed E-state index contributed by atoms with van der Waals surface area (Å²) in [7, 11) is 0. The first-order valence-electron chi connectivity index (χ1n) is 4.05. The Morgan fingerprint density at radius 2 is 2.14 bits per heavy atom. The van der Waals surface area contributed by atoms with Gasteiger partial charge in [0.15, 0.2) is 6.61 Å². The smallest absolute Gasteiger partial charge is 0.457 e. The molecule has 0 radical (unpaired) electrons. The highest BCUT2D eigenvalue weighted by molar-refractivity contribution is 5.71. The van der Waals surface area contributed by atoms with Crippen LogP contribution in [0.2, 0.25) is 0 Å². The van der Waals surface area contributed by atoms with Gasteiger partial charge in [0.05, 0.1) is 5.92 Å². The Kier molecular flexibility index (Phi) is 2.95. The standard InChI is InChI=1S/C8H11NO5/c1-4(2)7(10)12-3-5-6(9)14-8(11)13-5/h4H,3,9H2,1-2H3. The molecule has 1 heterocycles. The van der Waals surface area contributed by atoms with Crippen molar-refractivity contribution in [1.82, 2.24) is 0 Å². The lowest BCUT2D eigenvalue weighted by Gasteiger charge is -2.04. The van der Waals surface area contributed by atoms with E-state index in [-0.39, 0.29) is 24.2 Å². The number of rotatable bonds is 3. The fourth-order valence-electron chi connectivity index (χ4n) is 0.722. The van der Waals surface area contributed by atoms with Crippen LogP contribution < -0.4 is 11.6 Å². The Labute approximate surface area is 79.6 Å². The van der Waals surface area contributed by atoms with E-state index in [1.165, 1.54) is 0 Å². The van der Waals surface area contributed by atoms with Crippen molar-refractivity contribution in [3.63, 3.8) is 0 Å². The molecular formula is C8H11NO5. The van der Waals surface area contributed by atoms with E-state index >= 15 is 0 Å². The minimum Gasteiger partial charge on any atom is -0.457 e. The quantitative estimate of drug-likeness (QED) is 0.716. The summed E-state index contributed by atoms with van der Waals surface area (Å²) in [5.74, 6) is -1.67. The fraction of sp³-hybridized carbons (Fsp3) is 0.500. The van der Waals surface area contributed by atoms with E-state index in [2.05, 4.69) is 8.83 Å². The zero-order valence-corrected chi connectivity index (χ0v) is 7.90. The summed E-state index contributed by atoms with van der Waals surface area (Å²) < 4.78 is 13.7. The molecule has 0 saturated carbocycles. The number of carbonyl (C=O) groups is 1. The third-order valence-corrected chi connectivity index (χ3v) is 1.49. The molecule has 1 rings (SSSR count). The van der Waals surface area contributed by atoms with Crippen LogP contribution in [0.1, 0.15) is 19.6 Å². The molecule has 1 aromatic heterocycles. The second kappa shape index (κ2) is 3.99. The topological polar surface area (TPSA) is 95.7 Å². The zero-order valence-electron chi connectivity index (χ0n) is 7.90. The van der Waals surface area contributed by atoms with Gasteiger partial charge in [-0.25, -0.2) is 4.79 Å². The predicted octanol–water partition coefficient (Wildman–Crippen LogP) is 0.514. The highest BCUT2D eigenvalue weighted by Gasteiger charge is 2.13. The van der Waals surface area contributed by atoms with Crippen LogP contribution >= 0.6 is 0 Å². The second-order valence-corrected chi connectivity index (χ2v) is 3.00.